The van der Waals surface area contributed by atoms with Gasteiger partial charge in [-0.2, -0.15) is 0 Å². The Morgan fingerprint density at radius 3 is 2.60 bits per heavy atom. The molecule has 0 bridgehead atoms. The van der Waals surface area contributed by atoms with Crippen LogP contribution in [0.3, 0.4) is 0 Å². The molecule has 2 rings (SSSR count). The van der Waals surface area contributed by atoms with Gasteiger partial charge < -0.3 is 10.5 Å². The standard InChI is InChI=1S/C11H13ClFNO/c1-15-9-6-7(12)5-8(10(9)13)11(14)3-2-4-11/h5-6H,2-4,14H2,1H3. The lowest BCUT2D eigenvalue weighted by atomic mass is 9.72. The molecular formula is C11H13ClFNO. The molecule has 1 aromatic carbocycles. The first-order valence-corrected chi connectivity index (χ1v) is 5.27. The SMILES string of the molecule is COc1cc(Cl)cc(C2(N)CCC2)c1F. The van der Waals surface area contributed by atoms with E-state index in [1.165, 1.54) is 13.2 Å². The van der Waals surface area contributed by atoms with Crippen LogP contribution in [0.5, 0.6) is 5.75 Å². The van der Waals surface area contributed by atoms with Crippen molar-refractivity contribution in [2.75, 3.05) is 7.11 Å². The normalized spacial score (nSPS) is 18.4. The first kappa shape index (κ1) is 10.7. The van der Waals surface area contributed by atoms with Crippen molar-refractivity contribution in [3.63, 3.8) is 0 Å². The van der Waals surface area contributed by atoms with E-state index >= 15 is 0 Å². The monoisotopic (exact) mass is 229 g/mol. The summed E-state index contributed by atoms with van der Waals surface area (Å²) in [6.07, 6.45) is 2.63. The average molecular weight is 230 g/mol. The molecule has 1 fully saturated rings. The summed E-state index contributed by atoms with van der Waals surface area (Å²) in [5.41, 5.74) is 5.98. The number of nitrogens with two attached hydrogens (primary N) is 1. The Morgan fingerprint density at radius 2 is 2.13 bits per heavy atom. The van der Waals surface area contributed by atoms with Crippen molar-refractivity contribution in [2.24, 2.45) is 5.73 Å². The molecule has 2 nitrogen and oxygen atoms in total. The third-order valence-corrected chi connectivity index (χ3v) is 3.22. The van der Waals surface area contributed by atoms with E-state index in [2.05, 4.69) is 0 Å². The number of halogens is 2. The van der Waals surface area contributed by atoms with Crippen LogP contribution < -0.4 is 10.5 Å². The van der Waals surface area contributed by atoms with Crippen LogP contribution in [-0.2, 0) is 5.54 Å². The summed E-state index contributed by atoms with van der Waals surface area (Å²) in [6, 6.07) is 3.06. The Labute approximate surface area is 93.2 Å². The van der Waals surface area contributed by atoms with Crippen LogP contribution in [0.1, 0.15) is 24.8 Å². The number of rotatable bonds is 2. The second kappa shape index (κ2) is 3.65. The fourth-order valence-electron chi connectivity index (χ4n) is 1.90. The van der Waals surface area contributed by atoms with E-state index in [1.54, 1.807) is 6.07 Å². The molecule has 82 valence electrons. The second-order valence-corrected chi connectivity index (χ2v) is 4.42. The number of methoxy groups -OCH3 is 1. The summed E-state index contributed by atoms with van der Waals surface area (Å²) in [5.74, 6) is -0.224. The lowest BCUT2D eigenvalue weighted by Gasteiger charge is -2.39. The van der Waals surface area contributed by atoms with E-state index in [0.717, 1.165) is 19.3 Å². The van der Waals surface area contributed by atoms with Crippen molar-refractivity contribution >= 4 is 11.6 Å². The maximum Gasteiger partial charge on any atom is 0.170 e. The number of hydrogen-bond donors (Lipinski definition) is 1. The highest BCUT2D eigenvalue weighted by Gasteiger charge is 2.37. The van der Waals surface area contributed by atoms with Crippen LogP contribution in [0, 0.1) is 5.82 Å². The summed E-state index contributed by atoms with van der Waals surface area (Å²) in [6.45, 7) is 0. The zero-order chi connectivity index (χ0) is 11.1. The minimum atomic E-state index is -0.553. The Morgan fingerprint density at radius 1 is 1.47 bits per heavy atom. The van der Waals surface area contributed by atoms with Gasteiger partial charge in [0.25, 0.3) is 0 Å². The molecule has 4 heteroatoms. The van der Waals surface area contributed by atoms with Crippen molar-refractivity contribution in [1.29, 1.82) is 0 Å². The lowest BCUT2D eigenvalue weighted by Crippen LogP contribution is -2.44. The Kier molecular flexibility index (Phi) is 2.61. The smallest absolute Gasteiger partial charge is 0.170 e. The first-order valence-electron chi connectivity index (χ1n) is 4.89. The van der Waals surface area contributed by atoms with Gasteiger partial charge in [-0.1, -0.05) is 11.6 Å². The van der Waals surface area contributed by atoms with E-state index in [9.17, 15) is 4.39 Å². The van der Waals surface area contributed by atoms with Gasteiger partial charge in [0.15, 0.2) is 11.6 Å². The number of hydrogen-bond acceptors (Lipinski definition) is 2. The molecule has 0 amide bonds. The minimum Gasteiger partial charge on any atom is -0.494 e. The van der Waals surface area contributed by atoms with Gasteiger partial charge in [-0.15, -0.1) is 0 Å². The summed E-state index contributed by atoms with van der Waals surface area (Å²) in [5, 5.41) is 0.458. The molecule has 1 saturated carbocycles. The van der Waals surface area contributed by atoms with E-state index in [-0.39, 0.29) is 11.6 Å². The molecule has 0 heterocycles. The molecule has 0 saturated heterocycles. The maximum atomic E-state index is 13.9. The van der Waals surface area contributed by atoms with Crippen molar-refractivity contribution in [3.05, 3.63) is 28.5 Å². The highest BCUT2D eigenvalue weighted by Crippen LogP contribution is 2.42. The van der Waals surface area contributed by atoms with Crippen molar-refractivity contribution in [2.45, 2.75) is 24.8 Å². The molecule has 0 spiro atoms. The topological polar surface area (TPSA) is 35.2 Å². The molecule has 0 atom stereocenters. The largest absolute Gasteiger partial charge is 0.494 e. The van der Waals surface area contributed by atoms with Crippen LogP contribution in [0.15, 0.2) is 12.1 Å². The molecule has 1 aliphatic carbocycles. The van der Waals surface area contributed by atoms with E-state index in [1.807, 2.05) is 0 Å². The highest BCUT2D eigenvalue weighted by molar-refractivity contribution is 6.30. The summed E-state index contributed by atoms with van der Waals surface area (Å²) in [7, 11) is 1.42. The lowest BCUT2D eigenvalue weighted by molar-refractivity contribution is 0.242. The quantitative estimate of drug-likeness (QED) is 0.847. The number of ether oxygens (including phenoxy) is 1. The van der Waals surface area contributed by atoms with E-state index < -0.39 is 5.54 Å². The first-order chi connectivity index (χ1) is 7.07. The molecular weight excluding hydrogens is 217 g/mol. The number of benzene rings is 1. The highest BCUT2D eigenvalue weighted by atomic mass is 35.5. The van der Waals surface area contributed by atoms with Gasteiger partial charge in [0.2, 0.25) is 0 Å². The van der Waals surface area contributed by atoms with Gasteiger partial charge in [0.05, 0.1) is 7.11 Å². The van der Waals surface area contributed by atoms with Gasteiger partial charge in [0, 0.05) is 22.2 Å². The van der Waals surface area contributed by atoms with Crippen molar-refractivity contribution in [1.82, 2.24) is 0 Å². The average Bonchev–Trinajstić information content (AvgIpc) is 2.17. The summed E-state index contributed by atoms with van der Waals surface area (Å²) >= 11 is 5.89. The Bertz CT molecular complexity index is 390. The Balaban J connectivity index is 2.50. The molecule has 15 heavy (non-hydrogen) atoms. The fraction of sp³-hybridized carbons (Fsp3) is 0.455. The third kappa shape index (κ3) is 1.70. The van der Waals surface area contributed by atoms with Gasteiger partial charge >= 0.3 is 0 Å². The third-order valence-electron chi connectivity index (χ3n) is 3.01. The maximum absolute atomic E-state index is 13.9. The summed E-state index contributed by atoms with van der Waals surface area (Å²) < 4.78 is 18.8. The van der Waals surface area contributed by atoms with Gasteiger partial charge in [-0.05, 0) is 25.3 Å². The fourth-order valence-corrected chi connectivity index (χ4v) is 2.11. The predicted molar refractivity (Wildman–Crippen MR) is 57.7 cm³/mol. The van der Waals surface area contributed by atoms with Crippen LogP contribution in [0.4, 0.5) is 4.39 Å². The van der Waals surface area contributed by atoms with Gasteiger partial charge in [0.1, 0.15) is 0 Å². The Hall–Kier alpha value is -0.800. The van der Waals surface area contributed by atoms with Crippen molar-refractivity contribution in [3.8, 4) is 5.75 Å². The molecule has 0 radical (unpaired) electrons. The van der Waals surface area contributed by atoms with Gasteiger partial charge in [-0.3, -0.25) is 0 Å². The molecule has 1 aliphatic rings. The molecule has 0 aliphatic heterocycles. The second-order valence-electron chi connectivity index (χ2n) is 3.98. The van der Waals surface area contributed by atoms with Crippen LogP contribution in [-0.4, -0.2) is 7.11 Å². The van der Waals surface area contributed by atoms with E-state index in [0.29, 0.717) is 10.6 Å². The predicted octanol–water partition coefficient (Wildman–Crippen LogP) is 2.83. The molecule has 0 aromatic heterocycles. The zero-order valence-corrected chi connectivity index (χ0v) is 9.27. The summed E-state index contributed by atoms with van der Waals surface area (Å²) in [4.78, 5) is 0. The minimum absolute atomic E-state index is 0.161. The van der Waals surface area contributed by atoms with Crippen LogP contribution in [0.2, 0.25) is 5.02 Å². The molecule has 0 unspecified atom stereocenters. The van der Waals surface area contributed by atoms with Gasteiger partial charge in [-0.25, -0.2) is 4.39 Å². The molecule has 1 aromatic rings. The van der Waals surface area contributed by atoms with E-state index in [4.69, 9.17) is 22.1 Å². The van der Waals surface area contributed by atoms with Crippen LogP contribution >= 0.6 is 11.6 Å². The van der Waals surface area contributed by atoms with Crippen LogP contribution in [0.25, 0.3) is 0 Å². The molecule has 2 N–H and O–H groups in total. The van der Waals surface area contributed by atoms with Crippen molar-refractivity contribution < 1.29 is 9.13 Å². The zero-order valence-electron chi connectivity index (χ0n) is 8.52.